The molecule has 1 aliphatic heterocycles. The van der Waals surface area contributed by atoms with E-state index in [0.29, 0.717) is 24.5 Å². The maximum atomic E-state index is 12.1. The highest BCUT2D eigenvalue weighted by atomic mass is 32.2. The Balaban J connectivity index is 2.54. The number of piperazine rings is 1. The molecule has 114 valence electrons. The van der Waals surface area contributed by atoms with Crippen LogP contribution in [-0.4, -0.2) is 55.1 Å². The largest absolute Gasteiger partial charge is 0.298 e. The molecule has 1 fully saturated rings. The topological polar surface area (TPSA) is 40.6 Å². The standard InChI is InChI=1S/C14H30N2O2S/c1-12(2)19(17,18)16-9-7-15(8-10-16)13(3)11-14(4,5)6/h12-13H,7-11H2,1-6H3. The summed E-state index contributed by atoms with van der Waals surface area (Å²) in [5, 5.41) is -0.314. The van der Waals surface area contributed by atoms with E-state index in [9.17, 15) is 8.42 Å². The number of hydrogen-bond acceptors (Lipinski definition) is 3. The van der Waals surface area contributed by atoms with E-state index in [0.717, 1.165) is 19.5 Å². The first-order valence-electron chi connectivity index (χ1n) is 7.27. The molecule has 1 rings (SSSR count). The second-order valence-electron chi connectivity index (χ2n) is 7.14. The van der Waals surface area contributed by atoms with Crippen LogP contribution in [0.3, 0.4) is 0 Å². The monoisotopic (exact) mass is 290 g/mol. The molecule has 0 N–H and O–H groups in total. The molecule has 19 heavy (non-hydrogen) atoms. The van der Waals surface area contributed by atoms with Gasteiger partial charge in [-0.2, -0.15) is 4.31 Å². The van der Waals surface area contributed by atoms with E-state index in [2.05, 4.69) is 32.6 Å². The van der Waals surface area contributed by atoms with Crippen molar-refractivity contribution in [3.05, 3.63) is 0 Å². The summed E-state index contributed by atoms with van der Waals surface area (Å²) in [6.07, 6.45) is 1.14. The van der Waals surface area contributed by atoms with Gasteiger partial charge in [-0.3, -0.25) is 4.90 Å². The SMILES string of the molecule is CC(CC(C)(C)C)N1CCN(S(=O)(=O)C(C)C)CC1. The molecule has 0 radical (unpaired) electrons. The van der Waals surface area contributed by atoms with Crippen LogP contribution in [0.15, 0.2) is 0 Å². The molecule has 0 spiro atoms. The van der Waals surface area contributed by atoms with Gasteiger partial charge in [-0.25, -0.2) is 8.42 Å². The lowest BCUT2D eigenvalue weighted by Crippen LogP contribution is -2.53. The second kappa shape index (κ2) is 6.10. The van der Waals surface area contributed by atoms with Gasteiger partial charge >= 0.3 is 0 Å². The van der Waals surface area contributed by atoms with E-state index in [1.807, 2.05) is 0 Å². The number of hydrogen-bond donors (Lipinski definition) is 0. The van der Waals surface area contributed by atoms with Gasteiger partial charge in [-0.05, 0) is 32.6 Å². The van der Waals surface area contributed by atoms with Gasteiger partial charge < -0.3 is 0 Å². The molecule has 1 aliphatic rings. The summed E-state index contributed by atoms with van der Waals surface area (Å²) < 4.78 is 25.8. The maximum absolute atomic E-state index is 12.1. The lowest BCUT2D eigenvalue weighted by molar-refractivity contribution is 0.116. The van der Waals surface area contributed by atoms with Gasteiger partial charge in [0.1, 0.15) is 0 Å². The third kappa shape index (κ3) is 4.72. The third-order valence-corrected chi connectivity index (χ3v) is 6.04. The Bertz CT molecular complexity index is 377. The van der Waals surface area contributed by atoms with E-state index in [1.54, 1.807) is 18.2 Å². The van der Waals surface area contributed by atoms with Crippen LogP contribution >= 0.6 is 0 Å². The van der Waals surface area contributed by atoms with E-state index in [-0.39, 0.29) is 5.25 Å². The molecule has 5 heteroatoms. The van der Waals surface area contributed by atoms with Crippen LogP contribution in [0.25, 0.3) is 0 Å². The summed E-state index contributed by atoms with van der Waals surface area (Å²) in [6, 6.07) is 0.518. The normalized spacial score (nSPS) is 21.8. The fraction of sp³-hybridized carbons (Fsp3) is 1.00. The molecule has 0 aliphatic carbocycles. The van der Waals surface area contributed by atoms with Crippen molar-refractivity contribution in [2.24, 2.45) is 5.41 Å². The Morgan fingerprint density at radius 2 is 1.47 bits per heavy atom. The molecule has 1 unspecified atom stereocenters. The Labute approximate surface area is 119 Å². The first-order chi connectivity index (χ1) is 8.54. The zero-order valence-electron chi connectivity index (χ0n) is 13.3. The summed E-state index contributed by atoms with van der Waals surface area (Å²) in [7, 11) is -3.08. The van der Waals surface area contributed by atoms with Gasteiger partial charge in [-0.15, -0.1) is 0 Å². The van der Waals surface area contributed by atoms with Gasteiger partial charge in [0.05, 0.1) is 5.25 Å². The van der Waals surface area contributed by atoms with Crippen molar-refractivity contribution in [2.75, 3.05) is 26.2 Å². The van der Waals surface area contributed by atoms with Crippen LogP contribution in [-0.2, 0) is 10.0 Å². The zero-order chi connectivity index (χ0) is 14.8. The van der Waals surface area contributed by atoms with Crippen molar-refractivity contribution in [1.29, 1.82) is 0 Å². The van der Waals surface area contributed by atoms with Crippen molar-refractivity contribution in [2.45, 2.75) is 59.3 Å². The van der Waals surface area contributed by atoms with Crippen LogP contribution in [0.1, 0.15) is 48.0 Å². The lowest BCUT2D eigenvalue weighted by Gasteiger charge is -2.39. The highest BCUT2D eigenvalue weighted by molar-refractivity contribution is 7.89. The lowest BCUT2D eigenvalue weighted by atomic mass is 9.88. The highest BCUT2D eigenvalue weighted by Crippen LogP contribution is 2.24. The van der Waals surface area contributed by atoms with Crippen LogP contribution in [0.4, 0.5) is 0 Å². The number of rotatable bonds is 4. The summed E-state index contributed by atoms with van der Waals surface area (Å²) in [5.74, 6) is 0. The van der Waals surface area contributed by atoms with Crippen molar-refractivity contribution in [3.63, 3.8) is 0 Å². The quantitative estimate of drug-likeness (QED) is 0.797. The molecule has 0 aromatic rings. The van der Waals surface area contributed by atoms with Crippen molar-refractivity contribution in [1.82, 2.24) is 9.21 Å². The maximum Gasteiger partial charge on any atom is 0.216 e. The fourth-order valence-corrected chi connectivity index (χ4v) is 3.98. The molecule has 0 amide bonds. The molecule has 0 bridgehead atoms. The summed E-state index contributed by atoms with van der Waals surface area (Å²) in [6.45, 7) is 15.5. The summed E-state index contributed by atoms with van der Waals surface area (Å²) in [5.41, 5.74) is 0.320. The van der Waals surface area contributed by atoms with Crippen LogP contribution in [0, 0.1) is 5.41 Å². The summed E-state index contributed by atoms with van der Waals surface area (Å²) >= 11 is 0. The average molecular weight is 290 g/mol. The second-order valence-corrected chi connectivity index (χ2v) is 9.63. The van der Waals surface area contributed by atoms with Crippen LogP contribution in [0.2, 0.25) is 0 Å². The first kappa shape index (κ1) is 16.9. The molecular weight excluding hydrogens is 260 g/mol. The van der Waals surface area contributed by atoms with Gasteiger partial charge in [0.25, 0.3) is 0 Å². The Hall–Kier alpha value is -0.130. The smallest absolute Gasteiger partial charge is 0.216 e. The molecular formula is C14H30N2O2S. The molecule has 1 atom stereocenters. The van der Waals surface area contributed by atoms with Gasteiger partial charge in [0.2, 0.25) is 10.0 Å². The Kier molecular flexibility index (Phi) is 5.43. The number of nitrogens with zero attached hydrogens (tertiary/aromatic N) is 2. The van der Waals surface area contributed by atoms with Crippen molar-refractivity contribution in [3.8, 4) is 0 Å². The van der Waals surface area contributed by atoms with E-state index in [1.165, 1.54) is 0 Å². The minimum absolute atomic E-state index is 0.314. The fourth-order valence-electron chi connectivity index (χ4n) is 2.71. The van der Waals surface area contributed by atoms with E-state index >= 15 is 0 Å². The molecule has 4 nitrogen and oxygen atoms in total. The van der Waals surface area contributed by atoms with Gasteiger partial charge in [0.15, 0.2) is 0 Å². The zero-order valence-corrected chi connectivity index (χ0v) is 14.1. The van der Waals surface area contributed by atoms with Crippen LogP contribution in [0.5, 0.6) is 0 Å². The molecule has 1 heterocycles. The number of sulfonamides is 1. The van der Waals surface area contributed by atoms with Crippen molar-refractivity contribution >= 4 is 10.0 Å². The molecule has 1 saturated heterocycles. The van der Waals surface area contributed by atoms with Crippen LogP contribution < -0.4 is 0 Å². The van der Waals surface area contributed by atoms with E-state index in [4.69, 9.17) is 0 Å². The highest BCUT2D eigenvalue weighted by Gasteiger charge is 2.31. The molecule has 0 aromatic heterocycles. The minimum Gasteiger partial charge on any atom is -0.298 e. The first-order valence-corrected chi connectivity index (χ1v) is 8.77. The van der Waals surface area contributed by atoms with E-state index < -0.39 is 10.0 Å². The minimum atomic E-state index is -3.08. The third-order valence-electron chi connectivity index (χ3n) is 3.76. The van der Waals surface area contributed by atoms with Gasteiger partial charge in [0, 0.05) is 32.2 Å². The molecule has 0 aromatic carbocycles. The average Bonchev–Trinajstić information content (AvgIpc) is 2.26. The molecule has 0 saturated carbocycles. The Morgan fingerprint density at radius 1 is 1.00 bits per heavy atom. The predicted molar refractivity (Wildman–Crippen MR) is 80.7 cm³/mol. The van der Waals surface area contributed by atoms with Crippen molar-refractivity contribution < 1.29 is 8.42 Å². The summed E-state index contributed by atoms with van der Waals surface area (Å²) in [4.78, 5) is 2.41. The predicted octanol–water partition coefficient (Wildman–Crippen LogP) is 2.17. The Morgan fingerprint density at radius 3 is 1.84 bits per heavy atom. The van der Waals surface area contributed by atoms with Gasteiger partial charge in [-0.1, -0.05) is 20.8 Å².